The van der Waals surface area contributed by atoms with Crippen LogP contribution in [0.15, 0.2) is 46.8 Å². The second-order valence-corrected chi connectivity index (χ2v) is 10.3. The van der Waals surface area contributed by atoms with Crippen molar-refractivity contribution < 1.29 is 9.47 Å². The molecule has 11 nitrogen and oxygen atoms in total. The molecule has 0 aromatic carbocycles. The summed E-state index contributed by atoms with van der Waals surface area (Å²) in [5, 5.41) is 5.43. The highest BCUT2D eigenvalue weighted by Crippen LogP contribution is 2.36. The Kier molecular flexibility index (Phi) is 6.52. The minimum Gasteiger partial charge on any atom is -0.382 e. The van der Waals surface area contributed by atoms with Crippen LogP contribution in [0.4, 0.5) is 11.5 Å². The number of H-pyrrole nitrogens is 2. The molecule has 1 fully saturated rings. The Hall–Kier alpha value is -3.87. The number of fused-ring (bicyclic) bond motifs is 2. The molecule has 5 aromatic rings. The zero-order chi connectivity index (χ0) is 26.2. The van der Waals surface area contributed by atoms with E-state index in [0.29, 0.717) is 35.2 Å². The van der Waals surface area contributed by atoms with Gasteiger partial charge in [0.05, 0.1) is 40.2 Å². The number of nitrogens with one attached hydrogen (secondary N) is 3. The second kappa shape index (κ2) is 10.1. The summed E-state index contributed by atoms with van der Waals surface area (Å²) in [6.07, 6.45) is 3.60. The van der Waals surface area contributed by atoms with E-state index in [1.165, 1.54) is 11.3 Å². The highest BCUT2D eigenvalue weighted by molar-refractivity contribution is 7.17. The predicted octanol–water partition coefficient (Wildman–Crippen LogP) is 3.73. The molecular weight excluding hydrogens is 504 g/mol. The molecule has 5 aromatic heterocycles. The standard InChI is InChI=1S/C26H28N8O3S/c1-14-11-34(12-15(2)37-14)19-6-5-17-24(32-19)33-25(30-17)20-21(22-16(7-10-38-22)31-26(20)35)29-18(13-36-3)23-27-8-4-9-28-23/h4-10,14-15,18H,11-13H2,1-3H3,(H2,29,31,35)(H,30,32,33)/t14-,15+,18-/m0/s1. The average molecular weight is 533 g/mol. The molecule has 6 rings (SSSR count). The number of aromatic nitrogens is 6. The summed E-state index contributed by atoms with van der Waals surface area (Å²) >= 11 is 1.53. The van der Waals surface area contributed by atoms with E-state index in [1.807, 2.05) is 23.6 Å². The predicted molar refractivity (Wildman–Crippen MR) is 148 cm³/mol. The lowest BCUT2D eigenvalue weighted by molar-refractivity contribution is -0.00544. The SMILES string of the molecule is COC[C@H](Nc1c(-c2nc3nc(N4C[C@@H](C)O[C@@H](C)C4)ccc3[nH]2)c(=O)[nH]c2ccsc12)c1ncccn1. The van der Waals surface area contributed by atoms with E-state index in [2.05, 4.69) is 44.0 Å². The number of aromatic amines is 2. The molecule has 38 heavy (non-hydrogen) atoms. The molecule has 0 saturated carbocycles. The van der Waals surface area contributed by atoms with E-state index in [9.17, 15) is 4.79 Å². The van der Waals surface area contributed by atoms with Gasteiger partial charge in [-0.05, 0) is 43.5 Å². The van der Waals surface area contributed by atoms with Crippen LogP contribution in [0.5, 0.6) is 0 Å². The van der Waals surface area contributed by atoms with E-state index in [-0.39, 0.29) is 23.8 Å². The molecule has 6 heterocycles. The maximum absolute atomic E-state index is 13.4. The molecule has 196 valence electrons. The third-order valence-electron chi connectivity index (χ3n) is 6.48. The van der Waals surface area contributed by atoms with E-state index in [1.54, 1.807) is 25.6 Å². The summed E-state index contributed by atoms with van der Waals surface area (Å²) in [4.78, 5) is 40.3. The lowest BCUT2D eigenvalue weighted by atomic mass is 10.1. The van der Waals surface area contributed by atoms with Gasteiger partial charge in [-0.15, -0.1) is 11.3 Å². The fourth-order valence-corrected chi connectivity index (χ4v) is 5.80. The quantitative estimate of drug-likeness (QED) is 0.287. The number of thiophene rings is 1. The number of pyridine rings is 2. The first-order chi connectivity index (χ1) is 18.5. The first-order valence-electron chi connectivity index (χ1n) is 12.4. The van der Waals surface area contributed by atoms with Crippen molar-refractivity contribution in [2.24, 2.45) is 0 Å². The van der Waals surface area contributed by atoms with Crippen LogP contribution < -0.4 is 15.8 Å². The largest absolute Gasteiger partial charge is 0.382 e. The van der Waals surface area contributed by atoms with Gasteiger partial charge in [0, 0.05) is 32.6 Å². The molecule has 0 aliphatic carbocycles. The van der Waals surface area contributed by atoms with Crippen molar-refractivity contribution in [2.45, 2.75) is 32.1 Å². The van der Waals surface area contributed by atoms with Crippen molar-refractivity contribution in [2.75, 3.05) is 37.0 Å². The Balaban J connectivity index is 1.44. The number of morpholine rings is 1. The summed E-state index contributed by atoms with van der Waals surface area (Å²) in [6.45, 7) is 5.95. The van der Waals surface area contributed by atoms with Gasteiger partial charge in [0.15, 0.2) is 11.5 Å². The van der Waals surface area contributed by atoms with Gasteiger partial charge in [-0.1, -0.05) is 0 Å². The summed E-state index contributed by atoms with van der Waals surface area (Å²) in [7, 11) is 1.62. The molecule has 1 aliphatic rings. The minimum atomic E-state index is -0.383. The normalized spacial score (nSPS) is 18.8. The maximum atomic E-state index is 13.4. The van der Waals surface area contributed by atoms with Crippen molar-refractivity contribution >= 4 is 44.2 Å². The van der Waals surface area contributed by atoms with Gasteiger partial charge in [-0.25, -0.2) is 19.9 Å². The average Bonchev–Trinajstić information content (AvgIpc) is 3.54. The second-order valence-electron chi connectivity index (χ2n) is 9.42. The van der Waals surface area contributed by atoms with Crippen LogP contribution >= 0.6 is 11.3 Å². The smallest absolute Gasteiger partial charge is 0.261 e. The lowest BCUT2D eigenvalue weighted by Gasteiger charge is -2.36. The topological polar surface area (TPSA) is 134 Å². The van der Waals surface area contributed by atoms with Crippen LogP contribution in [0.25, 0.3) is 32.8 Å². The summed E-state index contributed by atoms with van der Waals surface area (Å²) < 4.78 is 12.2. The van der Waals surface area contributed by atoms with Crippen molar-refractivity contribution in [3.8, 4) is 11.4 Å². The Morgan fingerprint density at radius 2 is 1.92 bits per heavy atom. The number of rotatable bonds is 7. The summed E-state index contributed by atoms with van der Waals surface area (Å²) in [5.74, 6) is 1.83. The fourth-order valence-electron chi connectivity index (χ4n) is 4.93. The van der Waals surface area contributed by atoms with Crippen molar-refractivity contribution in [3.63, 3.8) is 0 Å². The fraction of sp³-hybridized carbons (Fsp3) is 0.346. The summed E-state index contributed by atoms with van der Waals surface area (Å²) in [6, 6.07) is 7.19. The highest BCUT2D eigenvalue weighted by Gasteiger charge is 2.25. The van der Waals surface area contributed by atoms with E-state index in [4.69, 9.17) is 19.4 Å². The number of ether oxygens (including phenoxy) is 2. The van der Waals surface area contributed by atoms with Gasteiger partial charge in [-0.2, -0.15) is 0 Å². The first kappa shape index (κ1) is 24.5. The van der Waals surface area contributed by atoms with E-state index >= 15 is 0 Å². The van der Waals surface area contributed by atoms with Gasteiger partial charge in [0.1, 0.15) is 23.2 Å². The molecule has 12 heteroatoms. The van der Waals surface area contributed by atoms with Crippen LogP contribution in [-0.4, -0.2) is 68.9 Å². The molecule has 0 bridgehead atoms. The molecule has 0 radical (unpaired) electrons. The van der Waals surface area contributed by atoms with Gasteiger partial charge in [0.25, 0.3) is 5.56 Å². The first-order valence-corrected chi connectivity index (χ1v) is 13.3. The minimum absolute atomic E-state index is 0.115. The Morgan fingerprint density at radius 1 is 1.13 bits per heavy atom. The third-order valence-corrected chi connectivity index (χ3v) is 7.41. The highest BCUT2D eigenvalue weighted by atomic mass is 32.1. The molecule has 0 spiro atoms. The molecular formula is C26H28N8O3S. The zero-order valence-electron chi connectivity index (χ0n) is 21.3. The van der Waals surface area contributed by atoms with Gasteiger partial charge in [-0.3, -0.25) is 4.79 Å². The van der Waals surface area contributed by atoms with Crippen LogP contribution in [0, 0.1) is 0 Å². The Bertz CT molecular complexity index is 1620. The molecule has 3 atom stereocenters. The van der Waals surface area contributed by atoms with Gasteiger partial charge >= 0.3 is 0 Å². The Labute approximate surface area is 222 Å². The molecule has 0 amide bonds. The molecule has 0 unspecified atom stereocenters. The van der Waals surface area contributed by atoms with Gasteiger partial charge in [0.2, 0.25) is 0 Å². The van der Waals surface area contributed by atoms with Crippen LogP contribution in [0.2, 0.25) is 0 Å². The summed E-state index contributed by atoms with van der Waals surface area (Å²) in [5.41, 5.74) is 2.80. The van der Waals surface area contributed by atoms with Crippen LogP contribution in [0.3, 0.4) is 0 Å². The van der Waals surface area contributed by atoms with Crippen molar-refractivity contribution in [3.05, 3.63) is 58.2 Å². The van der Waals surface area contributed by atoms with E-state index < -0.39 is 0 Å². The number of imidazole rings is 1. The number of hydrogen-bond donors (Lipinski definition) is 3. The van der Waals surface area contributed by atoms with Crippen molar-refractivity contribution in [1.82, 2.24) is 29.9 Å². The number of nitrogens with zero attached hydrogens (tertiary/aromatic N) is 5. The monoisotopic (exact) mass is 532 g/mol. The molecule has 1 saturated heterocycles. The number of hydrogen-bond acceptors (Lipinski definition) is 10. The Morgan fingerprint density at radius 3 is 2.68 bits per heavy atom. The number of anilines is 2. The van der Waals surface area contributed by atoms with Crippen LogP contribution in [0.1, 0.15) is 25.7 Å². The van der Waals surface area contributed by atoms with Crippen LogP contribution in [-0.2, 0) is 9.47 Å². The number of methoxy groups -OCH3 is 1. The van der Waals surface area contributed by atoms with Gasteiger partial charge < -0.3 is 29.7 Å². The molecule has 3 N–H and O–H groups in total. The zero-order valence-corrected chi connectivity index (χ0v) is 22.1. The maximum Gasteiger partial charge on any atom is 0.261 e. The third kappa shape index (κ3) is 4.62. The lowest BCUT2D eigenvalue weighted by Crippen LogP contribution is -2.45. The molecule has 1 aliphatic heterocycles. The van der Waals surface area contributed by atoms with Crippen molar-refractivity contribution in [1.29, 1.82) is 0 Å². The van der Waals surface area contributed by atoms with E-state index in [0.717, 1.165) is 34.6 Å².